The van der Waals surface area contributed by atoms with Gasteiger partial charge in [-0.15, -0.1) is 0 Å². The number of carbonyl (C=O) groups excluding carboxylic acids is 1. The van der Waals surface area contributed by atoms with Gasteiger partial charge in [0.2, 0.25) is 12.7 Å². The molecule has 1 aromatic rings. The highest BCUT2D eigenvalue weighted by Crippen LogP contribution is 2.32. The predicted octanol–water partition coefficient (Wildman–Crippen LogP) is 0.630. The number of nitrogens with one attached hydrogen (secondary N) is 1. The molecule has 3 rings (SSSR count). The quantitative estimate of drug-likeness (QED) is 0.759. The number of hydrogen-bond acceptors (Lipinski definition) is 6. The Bertz CT molecular complexity index is 564. The predicted molar refractivity (Wildman–Crippen MR) is 85.1 cm³/mol. The van der Waals surface area contributed by atoms with Gasteiger partial charge in [0.15, 0.2) is 11.5 Å². The maximum atomic E-state index is 12.2. The van der Waals surface area contributed by atoms with Crippen LogP contribution >= 0.6 is 0 Å². The Hall–Kier alpha value is -1.83. The summed E-state index contributed by atoms with van der Waals surface area (Å²) in [6.07, 6.45) is 1.53. The standard InChI is InChI=1S/C17H23NO6/c19-6-8-22-16-10-21-7-5-13(16)18-17(20)4-2-12-1-3-14-15(9-12)24-11-23-14/h1,3,9,13,16,19H,2,4-8,10-11H2,(H,18,20)/t13-,16-/m1/s1. The van der Waals surface area contributed by atoms with Crippen LogP contribution in [0.1, 0.15) is 18.4 Å². The number of benzene rings is 1. The second kappa shape index (κ2) is 8.32. The van der Waals surface area contributed by atoms with Gasteiger partial charge in [-0.2, -0.15) is 0 Å². The zero-order valence-electron chi connectivity index (χ0n) is 13.5. The molecule has 2 aliphatic rings. The number of ether oxygens (including phenoxy) is 4. The van der Waals surface area contributed by atoms with Crippen LogP contribution in [0.15, 0.2) is 18.2 Å². The lowest BCUT2D eigenvalue weighted by atomic mass is 10.0. The summed E-state index contributed by atoms with van der Waals surface area (Å²) in [5.41, 5.74) is 1.04. The van der Waals surface area contributed by atoms with E-state index in [1.54, 1.807) is 0 Å². The van der Waals surface area contributed by atoms with Crippen LogP contribution in [0, 0.1) is 0 Å². The summed E-state index contributed by atoms with van der Waals surface area (Å²) in [6, 6.07) is 5.65. The molecular formula is C17H23NO6. The smallest absolute Gasteiger partial charge is 0.231 e. The van der Waals surface area contributed by atoms with E-state index in [1.165, 1.54) is 0 Å². The maximum Gasteiger partial charge on any atom is 0.231 e. The first-order valence-corrected chi connectivity index (χ1v) is 8.24. The average Bonchev–Trinajstić information content (AvgIpc) is 3.07. The molecule has 0 aliphatic carbocycles. The van der Waals surface area contributed by atoms with Crippen LogP contribution in [-0.2, 0) is 20.7 Å². The van der Waals surface area contributed by atoms with Crippen molar-refractivity contribution in [1.29, 1.82) is 0 Å². The van der Waals surface area contributed by atoms with Crippen LogP contribution in [0.2, 0.25) is 0 Å². The second-order valence-corrected chi connectivity index (χ2v) is 5.86. The minimum Gasteiger partial charge on any atom is -0.454 e. The molecule has 0 radical (unpaired) electrons. The van der Waals surface area contributed by atoms with Crippen molar-refractivity contribution in [1.82, 2.24) is 5.32 Å². The topological polar surface area (TPSA) is 86.3 Å². The first kappa shape index (κ1) is 17.0. The highest BCUT2D eigenvalue weighted by molar-refractivity contribution is 5.76. The molecule has 0 bridgehead atoms. The number of amides is 1. The minimum absolute atomic E-state index is 0.0165. The molecule has 0 unspecified atom stereocenters. The van der Waals surface area contributed by atoms with Crippen LogP contribution in [0.3, 0.4) is 0 Å². The molecule has 2 heterocycles. The van der Waals surface area contributed by atoms with Gasteiger partial charge in [-0.05, 0) is 30.5 Å². The number of hydrogen-bond donors (Lipinski definition) is 2. The van der Waals surface area contributed by atoms with E-state index < -0.39 is 0 Å². The molecule has 1 saturated heterocycles. The number of aliphatic hydroxyl groups is 1. The van der Waals surface area contributed by atoms with E-state index in [1.807, 2.05) is 18.2 Å². The number of carbonyl (C=O) groups is 1. The maximum absolute atomic E-state index is 12.2. The Morgan fingerprint density at radius 2 is 2.21 bits per heavy atom. The van der Waals surface area contributed by atoms with Gasteiger partial charge in [-0.1, -0.05) is 6.07 Å². The van der Waals surface area contributed by atoms with Crippen molar-refractivity contribution in [2.45, 2.75) is 31.4 Å². The number of aliphatic hydroxyl groups excluding tert-OH is 1. The zero-order valence-corrected chi connectivity index (χ0v) is 13.5. The van der Waals surface area contributed by atoms with Gasteiger partial charge in [-0.3, -0.25) is 4.79 Å². The van der Waals surface area contributed by atoms with E-state index in [2.05, 4.69) is 5.32 Å². The molecule has 2 aliphatic heterocycles. The third kappa shape index (κ3) is 4.37. The van der Waals surface area contributed by atoms with Gasteiger partial charge in [0, 0.05) is 13.0 Å². The Morgan fingerprint density at radius 1 is 1.33 bits per heavy atom. The molecular weight excluding hydrogens is 314 g/mol. The summed E-state index contributed by atoms with van der Waals surface area (Å²) in [5, 5.41) is 11.9. The van der Waals surface area contributed by atoms with Gasteiger partial charge in [0.05, 0.1) is 25.9 Å². The van der Waals surface area contributed by atoms with Crippen LogP contribution in [0.4, 0.5) is 0 Å². The van der Waals surface area contributed by atoms with Crippen LogP contribution < -0.4 is 14.8 Å². The third-order valence-corrected chi connectivity index (χ3v) is 4.15. The number of fused-ring (bicyclic) bond motifs is 1. The Labute approximate surface area is 140 Å². The Morgan fingerprint density at radius 3 is 3.08 bits per heavy atom. The van der Waals surface area contributed by atoms with E-state index in [9.17, 15) is 4.79 Å². The lowest BCUT2D eigenvalue weighted by molar-refractivity contribution is -0.126. The van der Waals surface area contributed by atoms with Gasteiger partial charge < -0.3 is 29.4 Å². The van der Waals surface area contributed by atoms with Crippen LogP contribution in [-0.4, -0.2) is 56.4 Å². The fourth-order valence-electron chi connectivity index (χ4n) is 2.88. The fourth-order valence-corrected chi connectivity index (χ4v) is 2.88. The molecule has 24 heavy (non-hydrogen) atoms. The Balaban J connectivity index is 1.47. The SMILES string of the molecule is O=C(CCc1ccc2c(c1)OCO2)N[C@@H]1CCOC[C@H]1OCCO. The van der Waals surface area contributed by atoms with E-state index in [-0.39, 0.29) is 38.1 Å². The fraction of sp³-hybridized carbons (Fsp3) is 0.588. The summed E-state index contributed by atoms with van der Waals surface area (Å²) in [6.45, 7) is 1.50. The average molecular weight is 337 g/mol. The van der Waals surface area contributed by atoms with E-state index in [4.69, 9.17) is 24.1 Å². The van der Waals surface area contributed by atoms with Gasteiger partial charge in [0.1, 0.15) is 6.10 Å². The van der Waals surface area contributed by atoms with Crippen molar-refractivity contribution in [3.8, 4) is 11.5 Å². The first-order chi connectivity index (χ1) is 11.8. The molecule has 7 nitrogen and oxygen atoms in total. The number of rotatable bonds is 7. The van der Waals surface area contributed by atoms with Gasteiger partial charge in [0.25, 0.3) is 0 Å². The zero-order chi connectivity index (χ0) is 16.8. The second-order valence-electron chi connectivity index (χ2n) is 5.86. The van der Waals surface area contributed by atoms with Crippen molar-refractivity contribution in [3.05, 3.63) is 23.8 Å². The van der Waals surface area contributed by atoms with Crippen LogP contribution in [0.25, 0.3) is 0 Å². The summed E-state index contributed by atoms with van der Waals surface area (Å²) in [4.78, 5) is 12.2. The van der Waals surface area contributed by atoms with Crippen molar-refractivity contribution in [2.75, 3.05) is 33.2 Å². The van der Waals surface area contributed by atoms with Crippen molar-refractivity contribution in [2.24, 2.45) is 0 Å². The van der Waals surface area contributed by atoms with Gasteiger partial charge >= 0.3 is 0 Å². The van der Waals surface area contributed by atoms with E-state index in [0.29, 0.717) is 32.5 Å². The van der Waals surface area contributed by atoms with Crippen molar-refractivity contribution >= 4 is 5.91 Å². The summed E-state index contributed by atoms with van der Waals surface area (Å²) < 4.78 is 21.5. The lowest BCUT2D eigenvalue weighted by Gasteiger charge is -2.32. The lowest BCUT2D eigenvalue weighted by Crippen LogP contribution is -2.50. The normalized spacial score (nSPS) is 22.4. The molecule has 0 spiro atoms. The summed E-state index contributed by atoms with van der Waals surface area (Å²) in [7, 11) is 0. The molecule has 132 valence electrons. The largest absolute Gasteiger partial charge is 0.454 e. The number of aryl methyl sites for hydroxylation is 1. The molecule has 7 heteroatoms. The Kier molecular flexibility index (Phi) is 5.90. The molecule has 0 saturated carbocycles. The molecule has 0 aromatic heterocycles. The monoisotopic (exact) mass is 337 g/mol. The molecule has 1 aromatic carbocycles. The minimum atomic E-state index is -0.208. The summed E-state index contributed by atoms with van der Waals surface area (Å²) in [5.74, 6) is 1.46. The summed E-state index contributed by atoms with van der Waals surface area (Å²) >= 11 is 0. The van der Waals surface area contributed by atoms with E-state index >= 15 is 0 Å². The highest BCUT2D eigenvalue weighted by Gasteiger charge is 2.27. The highest BCUT2D eigenvalue weighted by atomic mass is 16.7. The molecule has 1 fully saturated rings. The van der Waals surface area contributed by atoms with Crippen LogP contribution in [0.5, 0.6) is 11.5 Å². The van der Waals surface area contributed by atoms with E-state index in [0.717, 1.165) is 17.1 Å². The first-order valence-electron chi connectivity index (χ1n) is 8.24. The van der Waals surface area contributed by atoms with Crippen molar-refractivity contribution < 1.29 is 28.8 Å². The molecule has 2 N–H and O–H groups in total. The van der Waals surface area contributed by atoms with Crippen molar-refractivity contribution in [3.63, 3.8) is 0 Å². The third-order valence-electron chi connectivity index (χ3n) is 4.15. The molecule has 2 atom stereocenters. The van der Waals surface area contributed by atoms with Gasteiger partial charge in [-0.25, -0.2) is 0 Å². The molecule has 1 amide bonds.